The summed E-state index contributed by atoms with van der Waals surface area (Å²) in [5.41, 5.74) is 3.41. The smallest absolute Gasteiger partial charge is 0.130 e. The summed E-state index contributed by atoms with van der Waals surface area (Å²) >= 11 is 0. The Balaban J connectivity index is 2.29. The van der Waals surface area contributed by atoms with E-state index >= 15 is 0 Å². The molecule has 0 saturated heterocycles. The Morgan fingerprint density at radius 2 is 1.56 bits per heavy atom. The number of hydrazine groups is 1. The van der Waals surface area contributed by atoms with Crippen molar-refractivity contribution in [2.75, 3.05) is 0 Å². The normalized spacial score (nSPS) is 12.4. The van der Waals surface area contributed by atoms with Gasteiger partial charge < -0.3 is 0 Å². The standard InChI is InChI=1S/C14H14F2N2/c15-11-7-4-8-12(16)14(11)13(18-17)9-10-5-2-1-3-6-10/h1-8,13,18H,9,17H2. The fourth-order valence-corrected chi connectivity index (χ4v) is 1.94. The van der Waals surface area contributed by atoms with Gasteiger partial charge in [0.25, 0.3) is 0 Å². The van der Waals surface area contributed by atoms with Crippen LogP contribution in [0.3, 0.4) is 0 Å². The monoisotopic (exact) mass is 248 g/mol. The maximum atomic E-state index is 13.7. The molecule has 0 heterocycles. The van der Waals surface area contributed by atoms with Crippen LogP contribution in [0.5, 0.6) is 0 Å². The van der Waals surface area contributed by atoms with E-state index < -0.39 is 17.7 Å². The molecule has 2 rings (SSSR count). The Kier molecular flexibility index (Phi) is 4.02. The van der Waals surface area contributed by atoms with Crippen molar-refractivity contribution in [1.29, 1.82) is 0 Å². The number of nitrogens with two attached hydrogens (primary N) is 1. The van der Waals surface area contributed by atoms with Gasteiger partial charge in [0, 0.05) is 5.56 Å². The summed E-state index contributed by atoms with van der Waals surface area (Å²) < 4.78 is 27.3. The van der Waals surface area contributed by atoms with E-state index in [1.165, 1.54) is 18.2 Å². The molecule has 0 saturated carbocycles. The third kappa shape index (κ3) is 2.72. The van der Waals surface area contributed by atoms with Crippen LogP contribution in [0.1, 0.15) is 17.2 Å². The molecule has 0 aromatic heterocycles. The fraction of sp³-hybridized carbons (Fsp3) is 0.143. The first-order valence-corrected chi connectivity index (χ1v) is 5.66. The van der Waals surface area contributed by atoms with Gasteiger partial charge >= 0.3 is 0 Å². The molecular formula is C14H14F2N2. The van der Waals surface area contributed by atoms with E-state index in [1.54, 1.807) is 0 Å². The van der Waals surface area contributed by atoms with Gasteiger partial charge in [0.15, 0.2) is 0 Å². The third-order valence-corrected chi connectivity index (χ3v) is 2.83. The quantitative estimate of drug-likeness (QED) is 0.645. The molecule has 0 radical (unpaired) electrons. The molecule has 4 heteroatoms. The highest BCUT2D eigenvalue weighted by Gasteiger charge is 2.19. The van der Waals surface area contributed by atoms with E-state index in [0.29, 0.717) is 6.42 Å². The van der Waals surface area contributed by atoms with Crippen LogP contribution < -0.4 is 11.3 Å². The first kappa shape index (κ1) is 12.7. The maximum Gasteiger partial charge on any atom is 0.130 e. The van der Waals surface area contributed by atoms with Gasteiger partial charge in [-0.2, -0.15) is 0 Å². The summed E-state index contributed by atoms with van der Waals surface area (Å²) in [4.78, 5) is 0. The van der Waals surface area contributed by atoms with Gasteiger partial charge in [-0.05, 0) is 24.1 Å². The third-order valence-electron chi connectivity index (χ3n) is 2.83. The van der Waals surface area contributed by atoms with E-state index in [2.05, 4.69) is 5.43 Å². The van der Waals surface area contributed by atoms with Crippen LogP contribution in [-0.2, 0) is 6.42 Å². The van der Waals surface area contributed by atoms with Crippen molar-refractivity contribution >= 4 is 0 Å². The second-order valence-corrected chi connectivity index (χ2v) is 4.04. The number of rotatable bonds is 4. The van der Waals surface area contributed by atoms with Gasteiger partial charge in [-0.15, -0.1) is 0 Å². The Morgan fingerprint density at radius 3 is 2.11 bits per heavy atom. The molecular weight excluding hydrogens is 234 g/mol. The lowest BCUT2D eigenvalue weighted by Gasteiger charge is -2.17. The predicted octanol–water partition coefficient (Wildman–Crippen LogP) is 2.71. The average Bonchev–Trinajstić information content (AvgIpc) is 2.38. The average molecular weight is 248 g/mol. The van der Waals surface area contributed by atoms with Crippen LogP contribution in [0.15, 0.2) is 48.5 Å². The molecule has 0 bridgehead atoms. The van der Waals surface area contributed by atoms with Crippen LogP contribution in [-0.4, -0.2) is 0 Å². The fourth-order valence-electron chi connectivity index (χ4n) is 1.94. The minimum atomic E-state index is -0.589. The van der Waals surface area contributed by atoms with Crippen molar-refractivity contribution in [1.82, 2.24) is 5.43 Å². The molecule has 2 aromatic rings. The highest BCUT2D eigenvalue weighted by Crippen LogP contribution is 2.23. The topological polar surface area (TPSA) is 38.0 Å². The van der Waals surface area contributed by atoms with Crippen LogP contribution in [0.25, 0.3) is 0 Å². The summed E-state index contributed by atoms with van der Waals surface area (Å²) in [7, 11) is 0. The largest absolute Gasteiger partial charge is 0.271 e. The molecule has 3 N–H and O–H groups in total. The van der Waals surface area contributed by atoms with Crippen molar-refractivity contribution < 1.29 is 8.78 Å². The van der Waals surface area contributed by atoms with E-state index in [1.807, 2.05) is 30.3 Å². The van der Waals surface area contributed by atoms with Gasteiger partial charge in [-0.1, -0.05) is 36.4 Å². The van der Waals surface area contributed by atoms with E-state index in [-0.39, 0.29) is 5.56 Å². The molecule has 0 aliphatic carbocycles. The lowest BCUT2D eigenvalue weighted by molar-refractivity contribution is 0.473. The zero-order chi connectivity index (χ0) is 13.0. The van der Waals surface area contributed by atoms with Gasteiger partial charge in [0.2, 0.25) is 0 Å². The van der Waals surface area contributed by atoms with Crippen LogP contribution in [0.4, 0.5) is 8.78 Å². The zero-order valence-corrected chi connectivity index (χ0v) is 9.74. The van der Waals surface area contributed by atoms with Crippen molar-refractivity contribution in [3.05, 3.63) is 71.3 Å². The first-order chi connectivity index (χ1) is 8.72. The SMILES string of the molecule is NNC(Cc1ccccc1)c1c(F)cccc1F. The molecule has 1 atom stereocenters. The Bertz CT molecular complexity index is 494. The summed E-state index contributed by atoms with van der Waals surface area (Å²) in [6, 6.07) is 12.6. The molecule has 2 nitrogen and oxygen atoms in total. The number of hydrogen-bond donors (Lipinski definition) is 2. The van der Waals surface area contributed by atoms with Gasteiger partial charge in [-0.3, -0.25) is 11.3 Å². The minimum Gasteiger partial charge on any atom is -0.271 e. The molecule has 2 aromatic carbocycles. The highest BCUT2D eigenvalue weighted by atomic mass is 19.1. The molecule has 1 unspecified atom stereocenters. The molecule has 0 aliphatic heterocycles. The van der Waals surface area contributed by atoms with Gasteiger partial charge in [-0.25, -0.2) is 8.78 Å². The van der Waals surface area contributed by atoms with Crippen molar-refractivity contribution in [2.45, 2.75) is 12.5 Å². The highest BCUT2D eigenvalue weighted by molar-refractivity contribution is 5.26. The molecule has 0 aliphatic rings. The van der Waals surface area contributed by atoms with Crippen LogP contribution >= 0.6 is 0 Å². The van der Waals surface area contributed by atoms with Crippen molar-refractivity contribution in [3.63, 3.8) is 0 Å². The van der Waals surface area contributed by atoms with Gasteiger partial charge in [0.05, 0.1) is 6.04 Å². The predicted molar refractivity (Wildman–Crippen MR) is 66.6 cm³/mol. The van der Waals surface area contributed by atoms with Gasteiger partial charge in [0.1, 0.15) is 11.6 Å². The zero-order valence-electron chi connectivity index (χ0n) is 9.74. The van der Waals surface area contributed by atoms with E-state index in [9.17, 15) is 8.78 Å². The summed E-state index contributed by atoms with van der Waals surface area (Å²) in [6.45, 7) is 0. The molecule has 18 heavy (non-hydrogen) atoms. The summed E-state index contributed by atoms with van der Waals surface area (Å²) in [5, 5.41) is 0. The summed E-state index contributed by atoms with van der Waals surface area (Å²) in [5.74, 6) is 4.23. The maximum absolute atomic E-state index is 13.7. The molecule has 0 fully saturated rings. The van der Waals surface area contributed by atoms with E-state index in [4.69, 9.17) is 5.84 Å². The second kappa shape index (κ2) is 5.71. The second-order valence-electron chi connectivity index (χ2n) is 4.04. The molecule has 0 spiro atoms. The number of halogens is 2. The first-order valence-electron chi connectivity index (χ1n) is 5.66. The summed E-state index contributed by atoms with van der Waals surface area (Å²) in [6.07, 6.45) is 0.426. The Labute approximate surface area is 104 Å². The lowest BCUT2D eigenvalue weighted by atomic mass is 9.98. The Morgan fingerprint density at radius 1 is 0.944 bits per heavy atom. The minimum absolute atomic E-state index is 0.0242. The number of hydrogen-bond acceptors (Lipinski definition) is 2. The number of benzene rings is 2. The Hall–Kier alpha value is -1.78. The van der Waals surface area contributed by atoms with Crippen LogP contribution in [0.2, 0.25) is 0 Å². The number of nitrogens with one attached hydrogen (secondary N) is 1. The molecule has 94 valence electrons. The van der Waals surface area contributed by atoms with E-state index in [0.717, 1.165) is 5.56 Å². The van der Waals surface area contributed by atoms with Crippen molar-refractivity contribution in [3.8, 4) is 0 Å². The lowest BCUT2D eigenvalue weighted by Crippen LogP contribution is -2.31. The van der Waals surface area contributed by atoms with Crippen molar-refractivity contribution in [2.24, 2.45) is 5.84 Å². The van der Waals surface area contributed by atoms with Crippen LogP contribution in [0, 0.1) is 11.6 Å². The molecule has 0 amide bonds.